The van der Waals surface area contributed by atoms with Crippen molar-refractivity contribution in [3.63, 3.8) is 0 Å². The Morgan fingerprint density at radius 1 is 0.571 bits per heavy atom. The minimum atomic E-state index is -0.373. The molecule has 0 amide bonds. The lowest BCUT2D eigenvalue weighted by molar-refractivity contribution is -0.239. The first-order valence-electron chi connectivity index (χ1n) is 10.8. The maximum absolute atomic E-state index is 6.24. The van der Waals surface area contributed by atoms with Gasteiger partial charge in [-0.3, -0.25) is 0 Å². The van der Waals surface area contributed by atoms with Crippen LogP contribution in [0.2, 0.25) is 0 Å². The summed E-state index contributed by atoms with van der Waals surface area (Å²) in [5.74, 6) is 0. The Kier molecular flexibility index (Phi) is 8.93. The number of ether oxygens (including phenoxy) is 6. The Morgan fingerprint density at radius 3 is 1.32 bits per heavy atom. The largest absolute Gasteiger partial charge is 0.375 e. The first-order chi connectivity index (χ1) is 13.5. The van der Waals surface area contributed by atoms with Crippen molar-refractivity contribution in [1.82, 2.24) is 0 Å². The molecule has 4 N–H and O–H groups in total. The monoisotopic (exact) mass is 402 g/mol. The van der Waals surface area contributed by atoms with Crippen molar-refractivity contribution in [2.24, 2.45) is 11.5 Å². The first-order valence-corrected chi connectivity index (χ1v) is 10.8. The third-order valence-electron chi connectivity index (χ3n) is 5.76. The molecular weight excluding hydrogens is 364 g/mol. The van der Waals surface area contributed by atoms with Crippen molar-refractivity contribution >= 4 is 0 Å². The summed E-state index contributed by atoms with van der Waals surface area (Å²) in [4.78, 5) is 0. The van der Waals surface area contributed by atoms with Gasteiger partial charge in [-0.1, -0.05) is 0 Å². The molecule has 0 radical (unpaired) electrons. The van der Waals surface area contributed by atoms with Gasteiger partial charge in [0.05, 0.1) is 36.5 Å². The summed E-state index contributed by atoms with van der Waals surface area (Å²) < 4.78 is 35.6. The highest BCUT2D eigenvalue weighted by molar-refractivity contribution is 4.84. The van der Waals surface area contributed by atoms with E-state index >= 15 is 0 Å². The van der Waals surface area contributed by atoms with Crippen molar-refractivity contribution in [2.75, 3.05) is 26.4 Å². The minimum absolute atomic E-state index is 0.0106. The van der Waals surface area contributed by atoms with E-state index in [1.165, 1.54) is 0 Å². The van der Waals surface area contributed by atoms with Gasteiger partial charge >= 0.3 is 0 Å². The van der Waals surface area contributed by atoms with Crippen molar-refractivity contribution in [2.45, 2.75) is 101 Å². The van der Waals surface area contributed by atoms with Gasteiger partial charge in [-0.15, -0.1) is 0 Å². The number of rotatable bonds is 0. The summed E-state index contributed by atoms with van der Waals surface area (Å²) in [5, 5.41) is 0. The van der Waals surface area contributed by atoms with Crippen LogP contribution in [-0.2, 0) is 28.4 Å². The van der Waals surface area contributed by atoms with Crippen LogP contribution in [0.4, 0.5) is 0 Å². The molecule has 6 aliphatic rings. The van der Waals surface area contributed by atoms with Crippen LogP contribution < -0.4 is 11.5 Å². The third kappa shape index (κ3) is 6.34. The van der Waals surface area contributed by atoms with Gasteiger partial charge in [0, 0.05) is 26.4 Å². The summed E-state index contributed by atoms with van der Waals surface area (Å²) in [5.41, 5.74) is 12.5. The van der Waals surface area contributed by atoms with Gasteiger partial charge in [0.1, 0.15) is 0 Å². The molecular formula is C20H38N2O6. The van der Waals surface area contributed by atoms with E-state index in [0.717, 1.165) is 38.5 Å². The average molecular weight is 403 g/mol. The molecule has 6 saturated heterocycles. The normalized spacial score (nSPS) is 45.0. The Morgan fingerprint density at radius 2 is 0.929 bits per heavy atom. The number of hydrogen-bond acceptors (Lipinski definition) is 8. The zero-order chi connectivity index (χ0) is 19.9. The fraction of sp³-hybridized carbons (Fsp3) is 1.00. The highest BCUT2D eigenvalue weighted by Crippen LogP contribution is 2.24. The van der Waals surface area contributed by atoms with Crippen LogP contribution >= 0.6 is 0 Å². The molecule has 6 aliphatic heterocycles. The van der Waals surface area contributed by atoms with Crippen molar-refractivity contribution in [3.8, 4) is 0 Å². The molecule has 0 aromatic carbocycles. The van der Waals surface area contributed by atoms with Gasteiger partial charge in [0.25, 0.3) is 0 Å². The lowest BCUT2D eigenvalue weighted by Gasteiger charge is -2.39. The average Bonchev–Trinajstić information content (AvgIpc) is 2.66. The summed E-state index contributed by atoms with van der Waals surface area (Å²) in [6.07, 6.45) is 4.32. The molecule has 164 valence electrons. The molecule has 0 aliphatic carbocycles. The van der Waals surface area contributed by atoms with Crippen LogP contribution in [0.15, 0.2) is 0 Å². The Labute approximate surface area is 168 Å². The molecule has 0 spiro atoms. The second kappa shape index (κ2) is 11.2. The minimum Gasteiger partial charge on any atom is -0.375 e. The Hall–Kier alpha value is -0.320. The van der Waals surface area contributed by atoms with E-state index in [2.05, 4.69) is 0 Å². The smallest absolute Gasteiger partial charge is 0.173 e. The highest BCUT2D eigenvalue weighted by atomic mass is 16.7. The molecule has 28 heavy (non-hydrogen) atoms. The Bertz CT molecular complexity index is 376. The SMILES string of the molecule is C[C@@H]1O[C@H]2OCCCCO[C@@H]3O[C@@H](C)[C@@H](C[C@@H]3N)OCCCCO[C@@H]1C[C@@H]2N. The van der Waals surface area contributed by atoms with E-state index in [-0.39, 0.29) is 49.1 Å². The van der Waals surface area contributed by atoms with Gasteiger partial charge in [-0.05, 0) is 52.4 Å². The van der Waals surface area contributed by atoms with Gasteiger partial charge in [-0.2, -0.15) is 0 Å². The topological polar surface area (TPSA) is 107 Å². The zero-order valence-corrected chi connectivity index (χ0v) is 17.3. The molecule has 8 nitrogen and oxygen atoms in total. The standard InChI is InChI=1S/C20H38N2O6/c1-13-17-11-15(21)19(27-13)25-9-5-6-10-26-20-16(22)12-18(14(2)28-20)24-8-4-3-7-23-17/h13-20H,3-12,21-22H2,1-2H3/t13-,14-,15-,16-,17+,18+,19+,20+/m0/s1. The third-order valence-corrected chi connectivity index (χ3v) is 5.76. The van der Waals surface area contributed by atoms with Gasteiger partial charge in [-0.25, -0.2) is 0 Å². The molecule has 0 saturated carbocycles. The molecule has 0 unspecified atom stereocenters. The van der Waals surface area contributed by atoms with E-state index in [1.807, 2.05) is 13.8 Å². The lowest BCUT2D eigenvalue weighted by atomic mass is 10.0. The maximum Gasteiger partial charge on any atom is 0.173 e. The van der Waals surface area contributed by atoms with Crippen LogP contribution in [0.25, 0.3) is 0 Å². The van der Waals surface area contributed by atoms with Gasteiger partial charge in [0.2, 0.25) is 0 Å². The quantitative estimate of drug-likeness (QED) is 0.624. The fourth-order valence-corrected chi connectivity index (χ4v) is 3.95. The Balaban J connectivity index is 1.52. The van der Waals surface area contributed by atoms with Crippen molar-refractivity contribution in [3.05, 3.63) is 0 Å². The lowest BCUT2D eigenvalue weighted by Crippen LogP contribution is -2.52. The predicted molar refractivity (Wildman–Crippen MR) is 104 cm³/mol. The fourth-order valence-electron chi connectivity index (χ4n) is 3.95. The number of nitrogens with two attached hydrogens (primary N) is 2. The summed E-state index contributed by atoms with van der Waals surface area (Å²) in [6.45, 7) is 6.57. The predicted octanol–water partition coefficient (Wildman–Crippen LogP) is 1.29. The van der Waals surface area contributed by atoms with Crippen molar-refractivity contribution < 1.29 is 28.4 Å². The molecule has 0 aromatic rings. The van der Waals surface area contributed by atoms with E-state index in [9.17, 15) is 0 Å². The van der Waals surface area contributed by atoms with Crippen LogP contribution in [0, 0.1) is 0 Å². The molecule has 0 aromatic heterocycles. The number of hydrogen-bond donors (Lipinski definition) is 2. The van der Waals surface area contributed by atoms with E-state index in [0.29, 0.717) is 26.4 Å². The second-order valence-electron chi connectivity index (χ2n) is 8.19. The molecule has 6 rings (SSSR count). The maximum atomic E-state index is 6.24. The summed E-state index contributed by atoms with van der Waals surface area (Å²) in [6, 6.07) is -0.343. The molecule has 6 fully saturated rings. The first kappa shape index (κ1) is 22.4. The van der Waals surface area contributed by atoms with Crippen molar-refractivity contribution in [1.29, 1.82) is 0 Å². The second-order valence-corrected chi connectivity index (χ2v) is 8.19. The van der Waals surface area contributed by atoms with Gasteiger partial charge in [0.15, 0.2) is 12.6 Å². The van der Waals surface area contributed by atoms with Crippen LogP contribution in [0.3, 0.4) is 0 Å². The summed E-state index contributed by atoms with van der Waals surface area (Å²) >= 11 is 0. The van der Waals surface area contributed by atoms with Crippen LogP contribution in [0.1, 0.15) is 52.4 Å². The van der Waals surface area contributed by atoms with Crippen LogP contribution in [-0.4, -0.2) is 75.5 Å². The molecule has 6 heterocycles. The molecule has 8 heteroatoms. The van der Waals surface area contributed by atoms with Crippen LogP contribution in [0.5, 0.6) is 0 Å². The van der Waals surface area contributed by atoms with E-state index < -0.39 is 0 Å². The molecule has 8 atom stereocenters. The summed E-state index contributed by atoms with van der Waals surface area (Å²) in [7, 11) is 0. The molecule has 4 bridgehead atoms. The zero-order valence-electron chi connectivity index (χ0n) is 17.3. The highest BCUT2D eigenvalue weighted by Gasteiger charge is 2.36. The van der Waals surface area contributed by atoms with Gasteiger partial charge < -0.3 is 39.9 Å². The van der Waals surface area contributed by atoms with E-state index in [4.69, 9.17) is 39.9 Å². The van der Waals surface area contributed by atoms with E-state index in [1.54, 1.807) is 0 Å².